The second-order valence-electron chi connectivity index (χ2n) is 5.48. The summed E-state index contributed by atoms with van der Waals surface area (Å²) in [4.78, 5) is 20.6. The van der Waals surface area contributed by atoms with Crippen molar-refractivity contribution in [2.45, 2.75) is 38.1 Å². The van der Waals surface area contributed by atoms with E-state index in [1.165, 1.54) is 19.3 Å². The summed E-state index contributed by atoms with van der Waals surface area (Å²) in [6.45, 7) is 0. The highest BCUT2D eigenvalue weighted by molar-refractivity contribution is 5.94. The molecular weight excluding hydrogens is 262 g/mol. The highest BCUT2D eigenvalue weighted by atomic mass is 16.1. The van der Waals surface area contributed by atoms with E-state index < -0.39 is 0 Å². The van der Waals surface area contributed by atoms with Gasteiger partial charge in [-0.1, -0.05) is 19.3 Å². The van der Waals surface area contributed by atoms with Crippen molar-refractivity contribution in [1.82, 2.24) is 15.3 Å². The third-order valence-corrected chi connectivity index (χ3v) is 3.94. The van der Waals surface area contributed by atoms with Gasteiger partial charge in [0.05, 0.1) is 11.3 Å². The molecule has 2 aromatic heterocycles. The van der Waals surface area contributed by atoms with Crippen LogP contribution in [0.2, 0.25) is 0 Å². The molecule has 0 spiro atoms. The molecule has 3 rings (SSSR count). The minimum absolute atomic E-state index is 0.0179. The first-order valence-electron chi connectivity index (χ1n) is 7.50. The minimum atomic E-state index is -0.0179. The number of hydrogen-bond donors (Lipinski definition) is 1. The molecule has 0 radical (unpaired) electrons. The van der Waals surface area contributed by atoms with E-state index in [-0.39, 0.29) is 5.91 Å². The first-order valence-corrected chi connectivity index (χ1v) is 7.50. The van der Waals surface area contributed by atoms with Gasteiger partial charge in [-0.05, 0) is 37.1 Å². The van der Waals surface area contributed by atoms with Gasteiger partial charge in [0.1, 0.15) is 0 Å². The van der Waals surface area contributed by atoms with E-state index in [0.717, 1.165) is 24.1 Å². The third kappa shape index (κ3) is 3.45. The zero-order valence-electron chi connectivity index (χ0n) is 12.0. The maximum atomic E-state index is 12.2. The van der Waals surface area contributed by atoms with Gasteiger partial charge in [-0.25, -0.2) is 0 Å². The molecule has 0 aliphatic heterocycles. The average molecular weight is 281 g/mol. The average Bonchev–Trinajstić information content (AvgIpc) is 2.57. The molecule has 0 aromatic carbocycles. The van der Waals surface area contributed by atoms with Gasteiger partial charge in [0.2, 0.25) is 0 Å². The van der Waals surface area contributed by atoms with Crippen LogP contribution in [-0.4, -0.2) is 21.9 Å². The van der Waals surface area contributed by atoms with Crippen LogP contribution in [0, 0.1) is 0 Å². The van der Waals surface area contributed by atoms with E-state index in [9.17, 15) is 4.79 Å². The molecule has 4 nitrogen and oxygen atoms in total. The number of pyridine rings is 2. The van der Waals surface area contributed by atoms with Crippen LogP contribution in [0.15, 0.2) is 42.9 Å². The van der Waals surface area contributed by atoms with E-state index in [2.05, 4.69) is 15.3 Å². The number of nitrogens with one attached hydrogen (secondary N) is 1. The lowest BCUT2D eigenvalue weighted by Gasteiger charge is -2.22. The molecule has 1 N–H and O–H groups in total. The van der Waals surface area contributed by atoms with Gasteiger partial charge in [-0.3, -0.25) is 14.8 Å². The molecule has 4 heteroatoms. The monoisotopic (exact) mass is 281 g/mol. The Morgan fingerprint density at radius 3 is 2.48 bits per heavy atom. The van der Waals surface area contributed by atoms with Crippen LogP contribution in [0.3, 0.4) is 0 Å². The second-order valence-corrected chi connectivity index (χ2v) is 5.48. The Kier molecular flexibility index (Phi) is 4.24. The number of rotatable bonds is 3. The summed E-state index contributed by atoms with van der Waals surface area (Å²) in [7, 11) is 0. The number of carbonyl (C=O) groups excluding carboxylic acids is 1. The van der Waals surface area contributed by atoms with Crippen molar-refractivity contribution in [2.24, 2.45) is 0 Å². The van der Waals surface area contributed by atoms with Crippen molar-refractivity contribution in [3.05, 3.63) is 48.4 Å². The fraction of sp³-hybridized carbons (Fsp3) is 0.353. The largest absolute Gasteiger partial charge is 0.349 e. The molecule has 0 atom stereocenters. The molecular formula is C17H19N3O. The van der Waals surface area contributed by atoms with Crippen molar-refractivity contribution in [3.63, 3.8) is 0 Å². The van der Waals surface area contributed by atoms with Crippen LogP contribution in [-0.2, 0) is 0 Å². The number of carbonyl (C=O) groups is 1. The van der Waals surface area contributed by atoms with Crippen molar-refractivity contribution < 1.29 is 4.79 Å². The summed E-state index contributed by atoms with van der Waals surface area (Å²) in [5, 5.41) is 3.11. The molecule has 1 saturated carbocycles. The van der Waals surface area contributed by atoms with Crippen molar-refractivity contribution >= 4 is 5.91 Å². The van der Waals surface area contributed by atoms with Gasteiger partial charge in [0.25, 0.3) is 5.91 Å². The van der Waals surface area contributed by atoms with E-state index in [1.54, 1.807) is 18.6 Å². The molecule has 1 fully saturated rings. The number of nitrogens with zero attached hydrogens (tertiary/aromatic N) is 2. The summed E-state index contributed by atoms with van der Waals surface area (Å²) in [5.41, 5.74) is 2.48. The summed E-state index contributed by atoms with van der Waals surface area (Å²) in [6, 6.07) is 7.85. The molecule has 2 aromatic rings. The Hall–Kier alpha value is -2.23. The van der Waals surface area contributed by atoms with Gasteiger partial charge in [-0.2, -0.15) is 0 Å². The Labute approximate surface area is 124 Å². The Balaban J connectivity index is 1.67. The normalized spacial score (nSPS) is 15.6. The topological polar surface area (TPSA) is 54.9 Å². The first kappa shape index (κ1) is 13.7. The molecule has 21 heavy (non-hydrogen) atoms. The van der Waals surface area contributed by atoms with Crippen LogP contribution >= 0.6 is 0 Å². The summed E-state index contributed by atoms with van der Waals surface area (Å²) >= 11 is 0. The highest BCUT2D eigenvalue weighted by Gasteiger charge is 2.16. The van der Waals surface area contributed by atoms with Crippen LogP contribution in [0.4, 0.5) is 0 Å². The van der Waals surface area contributed by atoms with Crippen LogP contribution < -0.4 is 5.32 Å². The zero-order chi connectivity index (χ0) is 14.5. The molecule has 1 aliphatic carbocycles. The maximum absolute atomic E-state index is 12.2. The molecule has 108 valence electrons. The van der Waals surface area contributed by atoms with Gasteiger partial charge >= 0.3 is 0 Å². The van der Waals surface area contributed by atoms with E-state index in [1.807, 2.05) is 24.3 Å². The van der Waals surface area contributed by atoms with Crippen LogP contribution in [0.1, 0.15) is 42.5 Å². The third-order valence-electron chi connectivity index (χ3n) is 3.94. The van der Waals surface area contributed by atoms with Gasteiger partial charge in [0, 0.05) is 30.2 Å². The predicted octanol–water partition coefficient (Wildman–Crippen LogP) is 3.21. The predicted molar refractivity (Wildman–Crippen MR) is 81.8 cm³/mol. The quantitative estimate of drug-likeness (QED) is 0.940. The van der Waals surface area contributed by atoms with E-state index in [0.29, 0.717) is 11.6 Å². The number of amides is 1. The van der Waals surface area contributed by atoms with Crippen LogP contribution in [0.25, 0.3) is 11.3 Å². The van der Waals surface area contributed by atoms with E-state index in [4.69, 9.17) is 0 Å². The standard InChI is InChI=1S/C17H19N3O/c21-17(20-15-4-2-1-3-5-15)14-6-7-16(19-12-14)13-8-10-18-11-9-13/h6-12,15H,1-5H2,(H,20,21). The lowest BCUT2D eigenvalue weighted by molar-refractivity contribution is 0.0927. The van der Waals surface area contributed by atoms with Crippen molar-refractivity contribution in [3.8, 4) is 11.3 Å². The lowest BCUT2D eigenvalue weighted by Crippen LogP contribution is -2.36. The smallest absolute Gasteiger partial charge is 0.253 e. The van der Waals surface area contributed by atoms with Crippen molar-refractivity contribution in [1.29, 1.82) is 0 Å². The minimum Gasteiger partial charge on any atom is -0.349 e. The summed E-state index contributed by atoms with van der Waals surface area (Å²) in [5.74, 6) is -0.0179. The maximum Gasteiger partial charge on any atom is 0.253 e. The second kappa shape index (κ2) is 6.48. The first-order chi connectivity index (χ1) is 10.3. The number of aromatic nitrogens is 2. The fourth-order valence-electron chi connectivity index (χ4n) is 2.74. The van der Waals surface area contributed by atoms with Crippen molar-refractivity contribution in [2.75, 3.05) is 0 Å². The molecule has 0 bridgehead atoms. The fourth-order valence-corrected chi connectivity index (χ4v) is 2.74. The summed E-state index contributed by atoms with van der Waals surface area (Å²) < 4.78 is 0. The lowest BCUT2D eigenvalue weighted by atomic mass is 9.95. The van der Waals surface area contributed by atoms with Gasteiger partial charge in [-0.15, -0.1) is 0 Å². The molecule has 1 amide bonds. The molecule has 1 aliphatic rings. The van der Waals surface area contributed by atoms with Crippen LogP contribution in [0.5, 0.6) is 0 Å². The van der Waals surface area contributed by atoms with E-state index >= 15 is 0 Å². The Bertz CT molecular complexity index is 589. The Morgan fingerprint density at radius 1 is 1.05 bits per heavy atom. The highest BCUT2D eigenvalue weighted by Crippen LogP contribution is 2.18. The Morgan fingerprint density at radius 2 is 1.81 bits per heavy atom. The molecule has 0 unspecified atom stereocenters. The van der Waals surface area contributed by atoms with Gasteiger partial charge in [0.15, 0.2) is 0 Å². The summed E-state index contributed by atoms with van der Waals surface area (Å²) in [6.07, 6.45) is 11.0. The van der Waals surface area contributed by atoms with Gasteiger partial charge < -0.3 is 5.32 Å². The molecule has 0 saturated heterocycles. The SMILES string of the molecule is O=C(NC1CCCCC1)c1ccc(-c2ccncc2)nc1. The number of hydrogen-bond acceptors (Lipinski definition) is 3. The molecule has 2 heterocycles. The zero-order valence-corrected chi connectivity index (χ0v) is 12.0.